The van der Waals surface area contributed by atoms with E-state index in [-0.39, 0.29) is 5.78 Å². The maximum absolute atomic E-state index is 11.2. The lowest BCUT2D eigenvalue weighted by molar-refractivity contribution is 0.101. The second-order valence-electron chi connectivity index (χ2n) is 4.01. The van der Waals surface area contributed by atoms with Crippen LogP contribution in [0.25, 0.3) is 5.57 Å². The Morgan fingerprint density at radius 3 is 2.12 bits per heavy atom. The van der Waals surface area contributed by atoms with Crippen molar-refractivity contribution in [3.05, 3.63) is 53.6 Å². The lowest BCUT2D eigenvalue weighted by Gasteiger charge is -2.04. The van der Waals surface area contributed by atoms with Crippen molar-refractivity contribution >= 4 is 11.4 Å². The third-order valence-corrected chi connectivity index (χ3v) is 2.58. The van der Waals surface area contributed by atoms with Crippen LogP contribution in [0.5, 0.6) is 0 Å². The second kappa shape index (κ2) is 6.85. The minimum atomic E-state index is 0.113. The monoisotopic (exact) mass is 228 g/mol. The van der Waals surface area contributed by atoms with Gasteiger partial charge in [-0.05, 0) is 30.9 Å². The molecule has 90 valence electrons. The number of rotatable bonds is 5. The number of carbonyl (C=O) groups is 1. The van der Waals surface area contributed by atoms with Crippen molar-refractivity contribution in [3.8, 4) is 0 Å². The van der Waals surface area contributed by atoms with E-state index in [4.69, 9.17) is 0 Å². The van der Waals surface area contributed by atoms with Crippen LogP contribution in [-0.4, -0.2) is 5.78 Å². The fourth-order valence-corrected chi connectivity index (χ4v) is 1.64. The Morgan fingerprint density at radius 1 is 1.06 bits per heavy atom. The molecule has 0 saturated heterocycles. The first kappa shape index (κ1) is 13.4. The zero-order valence-electron chi connectivity index (χ0n) is 10.9. The van der Waals surface area contributed by atoms with Crippen LogP contribution >= 0.6 is 0 Å². The fourth-order valence-electron chi connectivity index (χ4n) is 1.64. The zero-order chi connectivity index (χ0) is 12.7. The summed E-state index contributed by atoms with van der Waals surface area (Å²) in [5, 5.41) is 0. The van der Waals surface area contributed by atoms with Crippen LogP contribution < -0.4 is 0 Å². The minimum absolute atomic E-state index is 0.113. The summed E-state index contributed by atoms with van der Waals surface area (Å²) in [6, 6.07) is 7.80. The molecule has 0 radical (unpaired) electrons. The van der Waals surface area contributed by atoms with Gasteiger partial charge in [0.25, 0.3) is 0 Å². The Kier molecular flexibility index (Phi) is 5.41. The van der Waals surface area contributed by atoms with Gasteiger partial charge < -0.3 is 0 Å². The Labute approximate surface area is 104 Å². The number of allylic oxidation sites excluding steroid dienone is 4. The summed E-state index contributed by atoms with van der Waals surface area (Å²) in [7, 11) is 0. The van der Waals surface area contributed by atoms with Gasteiger partial charge in [0.1, 0.15) is 0 Å². The van der Waals surface area contributed by atoms with Crippen molar-refractivity contribution in [2.45, 2.75) is 33.6 Å². The van der Waals surface area contributed by atoms with E-state index >= 15 is 0 Å². The van der Waals surface area contributed by atoms with Crippen molar-refractivity contribution in [3.63, 3.8) is 0 Å². The van der Waals surface area contributed by atoms with Gasteiger partial charge in [0.15, 0.2) is 5.78 Å². The van der Waals surface area contributed by atoms with Gasteiger partial charge in [-0.2, -0.15) is 0 Å². The summed E-state index contributed by atoms with van der Waals surface area (Å²) in [5.41, 5.74) is 3.16. The van der Waals surface area contributed by atoms with Gasteiger partial charge in [-0.1, -0.05) is 56.3 Å². The van der Waals surface area contributed by atoms with Crippen LogP contribution in [0.1, 0.15) is 49.5 Å². The van der Waals surface area contributed by atoms with E-state index in [9.17, 15) is 4.79 Å². The zero-order valence-corrected chi connectivity index (χ0v) is 10.9. The van der Waals surface area contributed by atoms with E-state index in [2.05, 4.69) is 32.1 Å². The van der Waals surface area contributed by atoms with Crippen molar-refractivity contribution in [2.75, 3.05) is 0 Å². The van der Waals surface area contributed by atoms with Crippen LogP contribution in [0.15, 0.2) is 42.5 Å². The van der Waals surface area contributed by atoms with Crippen LogP contribution in [-0.2, 0) is 0 Å². The van der Waals surface area contributed by atoms with Crippen LogP contribution in [0.3, 0.4) is 0 Å². The molecule has 0 atom stereocenters. The lowest BCUT2D eigenvalue weighted by Crippen LogP contribution is -1.91. The third-order valence-electron chi connectivity index (χ3n) is 2.58. The van der Waals surface area contributed by atoms with E-state index in [1.165, 1.54) is 11.1 Å². The van der Waals surface area contributed by atoms with E-state index in [1.807, 2.05) is 24.3 Å². The van der Waals surface area contributed by atoms with Gasteiger partial charge in [-0.3, -0.25) is 4.79 Å². The molecule has 0 fully saturated rings. The number of ketones is 1. The molecule has 1 rings (SSSR count). The van der Waals surface area contributed by atoms with E-state index in [0.29, 0.717) is 0 Å². The smallest absolute Gasteiger partial charge is 0.159 e. The first-order chi connectivity index (χ1) is 8.19. The van der Waals surface area contributed by atoms with Gasteiger partial charge >= 0.3 is 0 Å². The van der Waals surface area contributed by atoms with Gasteiger partial charge in [-0.25, -0.2) is 0 Å². The molecular weight excluding hydrogens is 208 g/mol. The molecule has 17 heavy (non-hydrogen) atoms. The topological polar surface area (TPSA) is 17.1 Å². The fraction of sp³-hybridized carbons (Fsp3) is 0.312. The average molecular weight is 228 g/mol. The normalized spacial score (nSPS) is 12.1. The molecule has 0 N–H and O–H groups in total. The number of hydrogen-bond acceptors (Lipinski definition) is 1. The number of carbonyl (C=O) groups excluding carboxylic acids is 1. The SMILES string of the molecule is CC/C=C\C(=C/CC)c1ccc(C(C)=O)cc1. The number of benzene rings is 1. The maximum atomic E-state index is 11.2. The van der Waals surface area contributed by atoms with Gasteiger partial charge in [0.2, 0.25) is 0 Å². The first-order valence-electron chi connectivity index (χ1n) is 6.17. The molecule has 0 heterocycles. The van der Waals surface area contributed by atoms with Gasteiger partial charge in [0.05, 0.1) is 0 Å². The molecule has 0 aliphatic rings. The molecule has 1 aromatic carbocycles. The Hall–Kier alpha value is -1.63. The Bertz CT molecular complexity index is 421. The van der Waals surface area contributed by atoms with Crippen LogP contribution in [0.2, 0.25) is 0 Å². The van der Waals surface area contributed by atoms with Gasteiger partial charge in [0, 0.05) is 5.56 Å². The molecule has 0 aliphatic carbocycles. The van der Waals surface area contributed by atoms with Crippen LogP contribution in [0.4, 0.5) is 0 Å². The summed E-state index contributed by atoms with van der Waals surface area (Å²) in [6.07, 6.45) is 8.55. The standard InChI is InChI=1S/C16H20O/c1-4-6-8-15(7-5-2)16-11-9-14(10-12-16)13(3)17/h6-12H,4-5H2,1-3H3/b8-6-,15-7+. The van der Waals surface area contributed by atoms with Crippen LogP contribution in [0, 0.1) is 0 Å². The second-order valence-corrected chi connectivity index (χ2v) is 4.01. The molecule has 0 amide bonds. The first-order valence-corrected chi connectivity index (χ1v) is 6.17. The maximum Gasteiger partial charge on any atom is 0.159 e. The summed E-state index contributed by atoms with van der Waals surface area (Å²) in [6.45, 7) is 5.84. The van der Waals surface area contributed by atoms with Crippen molar-refractivity contribution in [1.29, 1.82) is 0 Å². The lowest BCUT2D eigenvalue weighted by atomic mass is 10.0. The van der Waals surface area contributed by atoms with Gasteiger partial charge in [-0.15, -0.1) is 0 Å². The Morgan fingerprint density at radius 2 is 1.65 bits per heavy atom. The molecule has 0 aromatic heterocycles. The molecule has 0 saturated carbocycles. The summed E-state index contributed by atoms with van der Waals surface area (Å²) < 4.78 is 0. The van der Waals surface area contributed by atoms with Crippen molar-refractivity contribution in [1.82, 2.24) is 0 Å². The largest absolute Gasteiger partial charge is 0.295 e. The summed E-state index contributed by atoms with van der Waals surface area (Å²) in [4.78, 5) is 11.2. The van der Waals surface area contributed by atoms with E-state index in [1.54, 1.807) is 6.92 Å². The molecule has 1 nitrogen and oxygen atoms in total. The van der Waals surface area contributed by atoms with E-state index < -0.39 is 0 Å². The highest BCUT2D eigenvalue weighted by Gasteiger charge is 2.00. The molecule has 0 unspecified atom stereocenters. The predicted molar refractivity (Wildman–Crippen MR) is 74.1 cm³/mol. The highest BCUT2D eigenvalue weighted by Crippen LogP contribution is 2.18. The molecule has 0 spiro atoms. The number of hydrogen-bond donors (Lipinski definition) is 0. The highest BCUT2D eigenvalue weighted by atomic mass is 16.1. The Balaban J connectivity index is 2.99. The van der Waals surface area contributed by atoms with E-state index in [0.717, 1.165) is 18.4 Å². The highest BCUT2D eigenvalue weighted by molar-refractivity contribution is 5.94. The third kappa shape index (κ3) is 4.03. The molecule has 0 aliphatic heterocycles. The number of Topliss-reactive ketones (excluding diaryl/α,β-unsaturated/α-hetero) is 1. The summed E-state index contributed by atoms with van der Waals surface area (Å²) >= 11 is 0. The molecular formula is C16H20O. The molecule has 1 heteroatoms. The molecule has 0 bridgehead atoms. The molecule has 1 aromatic rings. The quantitative estimate of drug-likeness (QED) is 0.529. The van der Waals surface area contributed by atoms with Crippen molar-refractivity contribution in [2.24, 2.45) is 0 Å². The average Bonchev–Trinajstić information content (AvgIpc) is 2.34. The minimum Gasteiger partial charge on any atom is -0.295 e. The summed E-state index contributed by atoms with van der Waals surface area (Å²) in [5.74, 6) is 0.113. The van der Waals surface area contributed by atoms with Crippen molar-refractivity contribution < 1.29 is 4.79 Å². The predicted octanol–water partition coefficient (Wildman–Crippen LogP) is 4.65.